The van der Waals surface area contributed by atoms with Crippen molar-refractivity contribution in [3.05, 3.63) is 95.6 Å². The number of fused-ring (bicyclic) bond motifs is 2. The van der Waals surface area contributed by atoms with Crippen LogP contribution in [0.4, 0.5) is 11.6 Å². The molecule has 0 aromatic carbocycles. The van der Waals surface area contributed by atoms with Crippen LogP contribution in [0.5, 0.6) is 0 Å². The van der Waals surface area contributed by atoms with Gasteiger partial charge in [0, 0.05) is 86.3 Å². The lowest BCUT2D eigenvalue weighted by Crippen LogP contribution is -2.45. The van der Waals surface area contributed by atoms with Crippen molar-refractivity contribution in [3.63, 3.8) is 0 Å². The van der Waals surface area contributed by atoms with Crippen LogP contribution in [-0.2, 0) is 13.1 Å². The number of hydrogen-bond donors (Lipinski definition) is 1. The van der Waals surface area contributed by atoms with Crippen molar-refractivity contribution < 1.29 is 0 Å². The molecule has 13 nitrogen and oxygen atoms in total. The van der Waals surface area contributed by atoms with Crippen LogP contribution in [0.25, 0.3) is 44.3 Å². The Labute approximate surface area is 351 Å². The molecule has 0 bridgehead atoms. The van der Waals surface area contributed by atoms with Crippen molar-refractivity contribution in [2.24, 2.45) is 11.8 Å². The van der Waals surface area contributed by atoms with E-state index in [1.54, 1.807) is 12.3 Å². The summed E-state index contributed by atoms with van der Waals surface area (Å²) in [4.78, 5) is 23.3. The number of nitrogens with zero attached hydrogens (tertiary/aromatic N) is 12. The van der Waals surface area contributed by atoms with Gasteiger partial charge in [0.1, 0.15) is 11.0 Å². The predicted octanol–water partition coefficient (Wildman–Crippen LogP) is 8.60. The van der Waals surface area contributed by atoms with Gasteiger partial charge >= 0.3 is 0 Å². The number of aromatic nitrogens is 10. The number of anilines is 2. The van der Waals surface area contributed by atoms with Crippen LogP contribution in [0.2, 0.25) is 5.15 Å². The van der Waals surface area contributed by atoms with Gasteiger partial charge < -0.3 is 15.1 Å². The first-order valence-electron chi connectivity index (χ1n) is 20.9. The van der Waals surface area contributed by atoms with Crippen LogP contribution in [-0.4, -0.2) is 98.8 Å². The molecular weight excluding hydrogens is 758 g/mol. The molecular formula is C45H54ClN13. The van der Waals surface area contributed by atoms with Crippen LogP contribution in [0.3, 0.4) is 0 Å². The fourth-order valence-corrected chi connectivity index (χ4v) is 8.16. The monoisotopic (exact) mass is 811 g/mol. The third kappa shape index (κ3) is 9.92. The number of likely N-dealkylation sites (tertiary alicyclic amines) is 2. The minimum Gasteiger partial charge on any atom is -0.323 e. The lowest BCUT2D eigenvalue weighted by molar-refractivity contribution is 0.110. The van der Waals surface area contributed by atoms with Crippen molar-refractivity contribution in [1.82, 2.24) is 59.5 Å². The molecule has 306 valence electrons. The van der Waals surface area contributed by atoms with Gasteiger partial charge in [-0.05, 0) is 106 Å². The maximum Gasteiger partial charge on any atom is 0.154 e. The van der Waals surface area contributed by atoms with Gasteiger partial charge in [-0.25, -0.2) is 9.97 Å². The molecule has 9 rings (SSSR count). The molecule has 2 aliphatic heterocycles. The number of rotatable bonds is 13. The summed E-state index contributed by atoms with van der Waals surface area (Å²) < 4.78 is 4.10. The van der Waals surface area contributed by atoms with E-state index in [1.165, 1.54) is 26.2 Å². The fraction of sp³-hybridized carbons (Fsp3) is 0.422. The Morgan fingerprint density at radius 2 is 1.20 bits per heavy atom. The zero-order chi connectivity index (χ0) is 41.0. The molecule has 0 aliphatic carbocycles. The Kier molecular flexibility index (Phi) is 12.2. The van der Waals surface area contributed by atoms with E-state index in [-0.39, 0.29) is 0 Å². The van der Waals surface area contributed by atoms with Crippen LogP contribution >= 0.6 is 11.6 Å². The maximum absolute atomic E-state index is 6.00. The number of hydrogen-bond acceptors (Lipinski definition) is 11. The van der Waals surface area contributed by atoms with Crippen molar-refractivity contribution >= 4 is 45.3 Å². The second kappa shape index (κ2) is 17.9. The predicted molar refractivity (Wildman–Crippen MR) is 236 cm³/mol. The third-order valence-corrected chi connectivity index (χ3v) is 11.4. The SMILES string of the molecule is Cc1nn(CCCN2CC(C)C2)cc1-c1cnc2ccc(Cl)nc2c1.Cc1nn(CCCN2CC(C)C2)cc1-c1cnc2ccc(Nc3cc(C(C)C)cnn3)nc2c1. The maximum atomic E-state index is 6.00. The molecule has 9 heterocycles. The smallest absolute Gasteiger partial charge is 0.154 e. The Balaban J connectivity index is 0.000000172. The number of pyridine rings is 4. The Hall–Kier alpha value is -5.37. The van der Waals surface area contributed by atoms with Gasteiger partial charge in [0.2, 0.25) is 0 Å². The highest BCUT2D eigenvalue weighted by Crippen LogP contribution is 2.28. The first kappa shape index (κ1) is 40.4. The largest absolute Gasteiger partial charge is 0.323 e. The molecule has 0 atom stereocenters. The second-order valence-corrected chi connectivity index (χ2v) is 17.1. The molecule has 59 heavy (non-hydrogen) atoms. The minimum absolute atomic E-state index is 0.385. The van der Waals surface area contributed by atoms with Gasteiger partial charge in [-0.1, -0.05) is 39.3 Å². The molecule has 0 spiro atoms. The second-order valence-electron chi connectivity index (χ2n) is 16.7. The molecule has 0 radical (unpaired) electrons. The minimum atomic E-state index is 0.385. The van der Waals surface area contributed by atoms with E-state index in [0.717, 1.165) is 118 Å². The summed E-state index contributed by atoms with van der Waals surface area (Å²) in [5.74, 6) is 3.50. The van der Waals surface area contributed by atoms with Gasteiger partial charge in [0.05, 0.1) is 39.7 Å². The van der Waals surface area contributed by atoms with Crippen LogP contribution in [0.15, 0.2) is 73.4 Å². The van der Waals surface area contributed by atoms with E-state index in [2.05, 4.69) is 103 Å². The van der Waals surface area contributed by atoms with Crippen molar-refractivity contribution in [2.75, 3.05) is 44.6 Å². The van der Waals surface area contributed by atoms with E-state index in [9.17, 15) is 0 Å². The highest BCUT2D eigenvalue weighted by atomic mass is 35.5. The highest BCUT2D eigenvalue weighted by molar-refractivity contribution is 6.29. The average molecular weight is 812 g/mol. The Morgan fingerprint density at radius 1 is 0.661 bits per heavy atom. The van der Waals surface area contributed by atoms with Crippen LogP contribution < -0.4 is 5.32 Å². The van der Waals surface area contributed by atoms with E-state index in [0.29, 0.717) is 16.9 Å². The Bertz CT molecular complexity index is 2530. The topological polar surface area (TPSA) is 131 Å². The van der Waals surface area contributed by atoms with Gasteiger partial charge in [-0.3, -0.25) is 19.3 Å². The van der Waals surface area contributed by atoms with Crippen molar-refractivity contribution in [3.8, 4) is 22.3 Å². The molecule has 0 unspecified atom stereocenters. The van der Waals surface area contributed by atoms with Crippen molar-refractivity contribution in [2.45, 2.75) is 73.4 Å². The van der Waals surface area contributed by atoms with Crippen molar-refractivity contribution in [1.29, 1.82) is 0 Å². The summed E-state index contributed by atoms with van der Waals surface area (Å²) >= 11 is 6.00. The summed E-state index contributed by atoms with van der Waals surface area (Å²) in [5, 5.41) is 21.5. The molecule has 2 saturated heterocycles. The number of nitrogens with one attached hydrogen (secondary N) is 1. The molecule has 2 fully saturated rings. The van der Waals surface area contributed by atoms with Gasteiger partial charge in [0.25, 0.3) is 0 Å². The zero-order valence-corrected chi connectivity index (χ0v) is 35.7. The van der Waals surface area contributed by atoms with Gasteiger partial charge in [-0.15, -0.1) is 5.10 Å². The standard InChI is InChI=1S/C26H32N8.C19H22ClN5/c1-17(2)20-11-26(31-28-13-20)30-25-7-6-23-24(29-25)10-21(12-27-23)22-16-34(32-19(22)4)9-5-8-33-14-18(3)15-33;1-13-10-24(11-13)6-3-7-25-12-16(14(2)23-25)15-8-18-17(21-9-15)4-5-19(20)22-18/h6-7,10-13,16-18H,5,8-9,14-15H2,1-4H3,(H,29,30,31);4-5,8-9,12-13H,3,6-7,10-11H2,1-2H3. The normalized spacial score (nSPS) is 15.1. The quantitative estimate of drug-likeness (QED) is 0.112. The molecule has 0 amide bonds. The lowest BCUT2D eigenvalue weighted by Gasteiger charge is -2.37. The zero-order valence-electron chi connectivity index (χ0n) is 35.0. The molecule has 2 aliphatic rings. The summed E-state index contributed by atoms with van der Waals surface area (Å²) in [5.41, 5.74) is 10.8. The third-order valence-electron chi connectivity index (χ3n) is 11.2. The molecule has 1 N–H and O–H groups in total. The fourth-order valence-electron chi connectivity index (χ4n) is 8.01. The number of halogens is 1. The Morgan fingerprint density at radius 3 is 1.75 bits per heavy atom. The van der Waals surface area contributed by atoms with E-state index in [1.807, 2.05) is 54.3 Å². The van der Waals surface area contributed by atoms with E-state index >= 15 is 0 Å². The van der Waals surface area contributed by atoms with Gasteiger partial charge in [-0.2, -0.15) is 15.3 Å². The molecule has 14 heteroatoms. The van der Waals surface area contributed by atoms with Crippen LogP contribution in [0.1, 0.15) is 63.4 Å². The van der Waals surface area contributed by atoms with Gasteiger partial charge in [0.15, 0.2) is 5.82 Å². The highest BCUT2D eigenvalue weighted by Gasteiger charge is 2.22. The summed E-state index contributed by atoms with van der Waals surface area (Å²) in [6.45, 7) is 22.1. The summed E-state index contributed by atoms with van der Waals surface area (Å²) in [7, 11) is 0. The molecule has 0 saturated carbocycles. The average Bonchev–Trinajstić information content (AvgIpc) is 3.77. The first-order valence-corrected chi connectivity index (χ1v) is 21.2. The summed E-state index contributed by atoms with van der Waals surface area (Å²) in [6.07, 6.45) is 12.1. The molecule has 7 aromatic rings. The van der Waals surface area contributed by atoms with E-state index < -0.39 is 0 Å². The van der Waals surface area contributed by atoms with E-state index in [4.69, 9.17) is 21.7 Å². The first-order chi connectivity index (χ1) is 28.5. The molecule has 7 aromatic heterocycles. The lowest BCUT2D eigenvalue weighted by atomic mass is 10.0. The number of aryl methyl sites for hydroxylation is 4. The summed E-state index contributed by atoms with van der Waals surface area (Å²) in [6, 6.07) is 13.7. The van der Waals surface area contributed by atoms with Crippen LogP contribution in [0, 0.1) is 25.7 Å².